The highest BCUT2D eigenvalue weighted by Gasteiger charge is 1.98. The molecule has 0 unspecified atom stereocenters. The van der Waals surface area contributed by atoms with E-state index in [9.17, 15) is 0 Å². The fourth-order valence-corrected chi connectivity index (χ4v) is 1.02. The molecule has 0 aromatic carbocycles. The molecule has 1 aromatic heterocycles. The van der Waals surface area contributed by atoms with E-state index < -0.39 is 0 Å². The number of hydrogen-bond acceptors (Lipinski definition) is 2. The van der Waals surface area contributed by atoms with Crippen LogP contribution in [-0.2, 0) is 0 Å². The Morgan fingerprint density at radius 3 is 3.14 bits per heavy atom. The molecule has 0 fully saturated rings. The molecule has 0 aliphatic carbocycles. The molecule has 1 heterocycles. The lowest BCUT2D eigenvalue weighted by Gasteiger charge is -1.96. The standard InChI is InChI=1S/C11H15N3/c1-3-5-6-10(12-8-4-2)11-7-9-13-14-11/h3,6-9H,1,4-5H2,2H3,(H,13,14)/b10-6-,12-8-. The third kappa shape index (κ3) is 3.01. The van der Waals surface area contributed by atoms with Gasteiger partial charge in [0.15, 0.2) is 0 Å². The monoisotopic (exact) mass is 189 g/mol. The minimum atomic E-state index is 0.815. The Morgan fingerprint density at radius 1 is 1.71 bits per heavy atom. The minimum Gasteiger partial charge on any atom is -0.276 e. The summed E-state index contributed by atoms with van der Waals surface area (Å²) in [6, 6.07) is 1.90. The van der Waals surface area contributed by atoms with Gasteiger partial charge in [-0.2, -0.15) is 5.10 Å². The molecule has 14 heavy (non-hydrogen) atoms. The highest BCUT2D eigenvalue weighted by molar-refractivity contribution is 5.72. The molecular weight excluding hydrogens is 174 g/mol. The number of hydrogen-bond donors (Lipinski definition) is 1. The number of nitrogens with zero attached hydrogens (tertiary/aromatic N) is 2. The zero-order valence-electron chi connectivity index (χ0n) is 8.40. The van der Waals surface area contributed by atoms with Crippen LogP contribution in [0.3, 0.4) is 0 Å². The molecule has 0 spiro atoms. The van der Waals surface area contributed by atoms with Crippen LogP contribution in [0.5, 0.6) is 0 Å². The van der Waals surface area contributed by atoms with Gasteiger partial charge in [-0.1, -0.05) is 19.1 Å². The molecule has 3 heteroatoms. The second-order valence-corrected chi connectivity index (χ2v) is 2.80. The van der Waals surface area contributed by atoms with Crippen molar-refractivity contribution < 1.29 is 0 Å². The van der Waals surface area contributed by atoms with Crippen LogP contribution in [0.2, 0.25) is 0 Å². The quantitative estimate of drug-likeness (QED) is 0.561. The number of aliphatic imine (C=N–C) groups is 1. The van der Waals surface area contributed by atoms with Gasteiger partial charge in [0.05, 0.1) is 11.4 Å². The topological polar surface area (TPSA) is 41.0 Å². The van der Waals surface area contributed by atoms with E-state index in [1.54, 1.807) is 6.20 Å². The van der Waals surface area contributed by atoms with Crippen molar-refractivity contribution in [3.8, 4) is 0 Å². The van der Waals surface area contributed by atoms with E-state index in [1.165, 1.54) is 0 Å². The second-order valence-electron chi connectivity index (χ2n) is 2.80. The zero-order chi connectivity index (χ0) is 10.2. The van der Waals surface area contributed by atoms with Crippen LogP contribution >= 0.6 is 0 Å². The molecule has 0 amide bonds. The number of nitrogens with one attached hydrogen (secondary N) is 1. The van der Waals surface area contributed by atoms with Crippen LogP contribution in [0.25, 0.3) is 5.70 Å². The van der Waals surface area contributed by atoms with Crippen LogP contribution in [0.4, 0.5) is 0 Å². The second kappa shape index (κ2) is 5.91. The molecule has 0 saturated carbocycles. The predicted molar refractivity (Wildman–Crippen MR) is 60.2 cm³/mol. The molecule has 3 nitrogen and oxygen atoms in total. The highest BCUT2D eigenvalue weighted by atomic mass is 15.1. The summed E-state index contributed by atoms with van der Waals surface area (Å²) in [5.41, 5.74) is 1.86. The van der Waals surface area contributed by atoms with Gasteiger partial charge in [-0.25, -0.2) is 0 Å². The average Bonchev–Trinajstić information content (AvgIpc) is 2.71. The Kier molecular flexibility index (Phi) is 4.41. The lowest BCUT2D eigenvalue weighted by Crippen LogP contribution is -1.83. The van der Waals surface area contributed by atoms with Crippen LogP contribution in [0.1, 0.15) is 25.5 Å². The summed E-state index contributed by atoms with van der Waals surface area (Å²) in [5, 5.41) is 6.78. The van der Waals surface area contributed by atoms with Crippen LogP contribution < -0.4 is 0 Å². The van der Waals surface area contributed by atoms with E-state index in [2.05, 4.69) is 28.7 Å². The lowest BCUT2D eigenvalue weighted by molar-refractivity contribution is 1.07. The maximum Gasteiger partial charge on any atom is 0.0839 e. The van der Waals surface area contributed by atoms with E-state index in [0.717, 1.165) is 24.2 Å². The van der Waals surface area contributed by atoms with Gasteiger partial charge in [-0.15, -0.1) is 6.58 Å². The molecule has 1 N–H and O–H groups in total. The van der Waals surface area contributed by atoms with Crippen LogP contribution in [0.15, 0.2) is 36.0 Å². The Labute approximate surface area is 84.3 Å². The summed E-state index contributed by atoms with van der Waals surface area (Å²) in [6.45, 7) is 5.73. The lowest BCUT2D eigenvalue weighted by atomic mass is 10.2. The Morgan fingerprint density at radius 2 is 2.57 bits per heavy atom. The Hall–Kier alpha value is -1.64. The largest absolute Gasteiger partial charge is 0.276 e. The number of aromatic amines is 1. The predicted octanol–water partition coefficient (Wildman–Crippen LogP) is 2.81. The van der Waals surface area contributed by atoms with Crippen LogP contribution in [0, 0.1) is 0 Å². The van der Waals surface area contributed by atoms with Crippen molar-refractivity contribution >= 4 is 11.9 Å². The minimum absolute atomic E-state index is 0.815. The van der Waals surface area contributed by atoms with Gasteiger partial charge in [-0.05, 0) is 18.9 Å². The average molecular weight is 189 g/mol. The van der Waals surface area contributed by atoms with Gasteiger partial charge in [0.25, 0.3) is 0 Å². The van der Waals surface area contributed by atoms with E-state index in [4.69, 9.17) is 0 Å². The molecule has 1 rings (SSSR count). The molecule has 0 bridgehead atoms. The third-order valence-electron chi connectivity index (χ3n) is 1.67. The van der Waals surface area contributed by atoms with Gasteiger partial charge in [-0.3, -0.25) is 10.1 Å². The first-order valence-corrected chi connectivity index (χ1v) is 4.71. The maximum absolute atomic E-state index is 4.34. The molecule has 0 saturated heterocycles. The van der Waals surface area contributed by atoms with E-state index in [1.807, 2.05) is 24.4 Å². The normalized spacial score (nSPS) is 12.2. The van der Waals surface area contributed by atoms with E-state index >= 15 is 0 Å². The summed E-state index contributed by atoms with van der Waals surface area (Å²) in [6.07, 6.45) is 9.22. The summed E-state index contributed by atoms with van der Waals surface area (Å²) in [7, 11) is 0. The maximum atomic E-state index is 4.34. The number of allylic oxidation sites excluding steroid dienone is 2. The van der Waals surface area contributed by atoms with Crippen molar-refractivity contribution in [3.63, 3.8) is 0 Å². The number of aromatic nitrogens is 2. The van der Waals surface area contributed by atoms with Crippen molar-refractivity contribution in [1.82, 2.24) is 10.2 Å². The third-order valence-corrected chi connectivity index (χ3v) is 1.67. The smallest absolute Gasteiger partial charge is 0.0839 e. The van der Waals surface area contributed by atoms with Gasteiger partial charge >= 0.3 is 0 Å². The van der Waals surface area contributed by atoms with Gasteiger partial charge in [0.1, 0.15) is 0 Å². The number of H-pyrrole nitrogens is 1. The summed E-state index contributed by atoms with van der Waals surface area (Å²) in [4.78, 5) is 4.34. The van der Waals surface area contributed by atoms with Crippen molar-refractivity contribution in [2.75, 3.05) is 0 Å². The van der Waals surface area contributed by atoms with E-state index in [-0.39, 0.29) is 0 Å². The first-order valence-electron chi connectivity index (χ1n) is 4.71. The summed E-state index contributed by atoms with van der Waals surface area (Å²) < 4.78 is 0. The van der Waals surface area contributed by atoms with Gasteiger partial charge in [0, 0.05) is 12.4 Å². The van der Waals surface area contributed by atoms with Crippen LogP contribution in [-0.4, -0.2) is 16.4 Å². The van der Waals surface area contributed by atoms with Crippen molar-refractivity contribution in [2.45, 2.75) is 19.8 Å². The Bertz CT molecular complexity index is 320. The first-order chi connectivity index (χ1) is 6.88. The Balaban J connectivity index is 2.82. The fourth-order valence-electron chi connectivity index (χ4n) is 1.02. The summed E-state index contributed by atoms with van der Waals surface area (Å²) in [5.74, 6) is 0. The molecule has 0 atom stereocenters. The SMILES string of the molecule is C=CC/C=C(\N=C/CC)c1ccn[nH]1. The number of rotatable bonds is 5. The molecule has 0 aliphatic heterocycles. The molecule has 0 aliphatic rings. The zero-order valence-corrected chi connectivity index (χ0v) is 8.40. The molecule has 0 radical (unpaired) electrons. The molecule has 74 valence electrons. The van der Waals surface area contributed by atoms with Crippen molar-refractivity contribution in [1.29, 1.82) is 0 Å². The van der Waals surface area contributed by atoms with Crippen molar-refractivity contribution in [2.24, 2.45) is 4.99 Å². The van der Waals surface area contributed by atoms with Gasteiger partial charge in [0.2, 0.25) is 0 Å². The first kappa shape index (κ1) is 10.4. The molecule has 1 aromatic rings. The van der Waals surface area contributed by atoms with E-state index in [0.29, 0.717) is 0 Å². The summed E-state index contributed by atoms with van der Waals surface area (Å²) >= 11 is 0. The highest BCUT2D eigenvalue weighted by Crippen LogP contribution is 2.12. The fraction of sp³-hybridized carbons (Fsp3) is 0.273. The molecular formula is C11H15N3. The van der Waals surface area contributed by atoms with Gasteiger partial charge < -0.3 is 0 Å². The van der Waals surface area contributed by atoms with Crippen molar-refractivity contribution in [3.05, 3.63) is 36.7 Å².